The van der Waals surface area contributed by atoms with Gasteiger partial charge in [0.25, 0.3) is 0 Å². The number of hydrogen-bond acceptors (Lipinski definition) is 4. The summed E-state index contributed by atoms with van der Waals surface area (Å²) in [5, 5.41) is 0. The predicted molar refractivity (Wildman–Crippen MR) is 104 cm³/mol. The standard InChI is InChI=1S/C23H30F6O4/c1-20-9-4-3-5-12(20)11-15(32-18(30)22(24,25)26)17-13-6-7-16(33-19(31)23(27,28)29)21(13,2)10-8-14(17)20/h12-17H,3-11H2,1-2H3/t12-,13?,14?,15-,16+,17?,20+,21+/m1/s1. The highest BCUT2D eigenvalue weighted by molar-refractivity contribution is 5.76. The highest BCUT2D eigenvalue weighted by Gasteiger charge is 2.64. The molecule has 3 unspecified atom stereocenters. The molecule has 0 radical (unpaired) electrons. The normalized spacial score (nSPS) is 43.2. The van der Waals surface area contributed by atoms with Crippen LogP contribution >= 0.6 is 0 Å². The van der Waals surface area contributed by atoms with E-state index in [1.54, 1.807) is 6.92 Å². The van der Waals surface area contributed by atoms with Crippen molar-refractivity contribution in [3.05, 3.63) is 0 Å². The minimum absolute atomic E-state index is 0.0118. The van der Waals surface area contributed by atoms with Gasteiger partial charge < -0.3 is 9.47 Å². The summed E-state index contributed by atoms with van der Waals surface area (Å²) >= 11 is 0. The predicted octanol–water partition coefficient (Wildman–Crippen LogP) is 5.98. The average molecular weight is 484 g/mol. The third kappa shape index (κ3) is 4.13. The van der Waals surface area contributed by atoms with Gasteiger partial charge >= 0.3 is 24.3 Å². The summed E-state index contributed by atoms with van der Waals surface area (Å²) < 4.78 is 87.7. The van der Waals surface area contributed by atoms with Crippen LogP contribution in [0, 0.1) is 34.5 Å². The molecule has 33 heavy (non-hydrogen) atoms. The lowest BCUT2D eigenvalue weighted by Gasteiger charge is -2.62. The largest absolute Gasteiger partial charge is 0.490 e. The summed E-state index contributed by atoms with van der Waals surface area (Å²) in [5.74, 6) is -4.98. The Hall–Kier alpha value is -1.48. The molecule has 4 nitrogen and oxygen atoms in total. The molecule has 4 fully saturated rings. The molecule has 0 aromatic rings. The van der Waals surface area contributed by atoms with Gasteiger partial charge in [-0.25, -0.2) is 9.59 Å². The molecule has 4 aliphatic rings. The van der Waals surface area contributed by atoms with Gasteiger partial charge in [0.2, 0.25) is 0 Å². The number of esters is 2. The van der Waals surface area contributed by atoms with Crippen LogP contribution in [-0.2, 0) is 19.1 Å². The minimum Gasteiger partial charge on any atom is -0.455 e. The van der Waals surface area contributed by atoms with E-state index >= 15 is 0 Å². The van der Waals surface area contributed by atoms with Crippen molar-refractivity contribution >= 4 is 11.9 Å². The lowest BCUT2D eigenvalue weighted by molar-refractivity contribution is -0.230. The SMILES string of the molecule is C[C@]12CCC3C(C1CC[C@@H]2OC(=O)C(F)(F)F)[C@H](OC(=O)C(F)(F)F)C[C@H]1CCCC[C@]31C. The second-order valence-corrected chi connectivity index (χ2v) is 10.9. The molecule has 10 heteroatoms. The Kier molecular flexibility index (Phi) is 6.00. The molecule has 188 valence electrons. The van der Waals surface area contributed by atoms with E-state index in [1.807, 2.05) is 0 Å². The molecule has 0 N–H and O–H groups in total. The van der Waals surface area contributed by atoms with E-state index in [-0.39, 0.29) is 29.6 Å². The van der Waals surface area contributed by atoms with Crippen molar-refractivity contribution < 1.29 is 45.4 Å². The van der Waals surface area contributed by atoms with Gasteiger partial charge in [-0.15, -0.1) is 0 Å². The molecule has 0 heterocycles. The first-order valence-corrected chi connectivity index (χ1v) is 11.7. The van der Waals surface area contributed by atoms with E-state index in [9.17, 15) is 35.9 Å². The van der Waals surface area contributed by atoms with Crippen molar-refractivity contribution in [1.29, 1.82) is 0 Å². The van der Waals surface area contributed by atoms with Crippen molar-refractivity contribution in [1.82, 2.24) is 0 Å². The summed E-state index contributed by atoms with van der Waals surface area (Å²) in [6, 6.07) is 0. The number of ether oxygens (including phenoxy) is 2. The number of fused-ring (bicyclic) bond motifs is 5. The van der Waals surface area contributed by atoms with Gasteiger partial charge in [-0.3, -0.25) is 0 Å². The summed E-state index contributed by atoms with van der Waals surface area (Å²) in [7, 11) is 0. The monoisotopic (exact) mass is 484 g/mol. The maximum atomic E-state index is 13.1. The zero-order chi connectivity index (χ0) is 24.4. The van der Waals surface area contributed by atoms with Gasteiger partial charge in [0.15, 0.2) is 0 Å². The second-order valence-electron chi connectivity index (χ2n) is 10.9. The highest BCUT2D eigenvalue weighted by Crippen LogP contribution is 2.67. The first-order chi connectivity index (χ1) is 15.2. The van der Waals surface area contributed by atoms with Crippen LogP contribution in [0.1, 0.15) is 71.6 Å². The third-order valence-corrected chi connectivity index (χ3v) is 9.46. The van der Waals surface area contributed by atoms with E-state index < -0.39 is 47.8 Å². The fourth-order valence-electron chi connectivity index (χ4n) is 7.90. The third-order valence-electron chi connectivity index (χ3n) is 9.46. The van der Waals surface area contributed by atoms with Gasteiger partial charge in [0.05, 0.1) is 0 Å². The second kappa shape index (κ2) is 8.04. The molecule has 0 bridgehead atoms. The number of rotatable bonds is 2. The summed E-state index contributed by atoms with van der Waals surface area (Å²) in [5.41, 5.74) is -0.908. The first kappa shape index (κ1) is 24.6. The zero-order valence-corrected chi connectivity index (χ0v) is 18.7. The van der Waals surface area contributed by atoms with Gasteiger partial charge in [-0.2, -0.15) is 26.3 Å². The zero-order valence-electron chi connectivity index (χ0n) is 18.7. The van der Waals surface area contributed by atoms with Crippen molar-refractivity contribution in [3.8, 4) is 0 Å². The summed E-state index contributed by atoms with van der Waals surface area (Å²) in [4.78, 5) is 23.3. The van der Waals surface area contributed by atoms with Gasteiger partial charge in [0.1, 0.15) is 12.2 Å². The van der Waals surface area contributed by atoms with Crippen LogP contribution < -0.4 is 0 Å². The molecule has 0 saturated heterocycles. The number of alkyl halides is 6. The topological polar surface area (TPSA) is 52.6 Å². The van der Waals surface area contributed by atoms with Crippen LogP contribution in [0.4, 0.5) is 26.3 Å². The maximum absolute atomic E-state index is 13.1. The van der Waals surface area contributed by atoms with Crippen LogP contribution in [0.3, 0.4) is 0 Å². The lowest BCUT2D eigenvalue weighted by atomic mass is 9.44. The fraction of sp³-hybridized carbons (Fsp3) is 0.913. The molecule has 8 atom stereocenters. The van der Waals surface area contributed by atoms with Crippen LogP contribution in [0.2, 0.25) is 0 Å². The van der Waals surface area contributed by atoms with Gasteiger partial charge in [0, 0.05) is 11.3 Å². The summed E-state index contributed by atoms with van der Waals surface area (Å²) in [6.07, 6.45) is -6.21. The Bertz CT molecular complexity index is 795. The first-order valence-electron chi connectivity index (χ1n) is 11.7. The van der Waals surface area contributed by atoms with Crippen LogP contribution in [0.15, 0.2) is 0 Å². The molecule has 0 spiro atoms. The maximum Gasteiger partial charge on any atom is 0.490 e. The van der Waals surface area contributed by atoms with E-state index in [0.717, 1.165) is 25.7 Å². The van der Waals surface area contributed by atoms with E-state index in [2.05, 4.69) is 6.92 Å². The minimum atomic E-state index is -5.11. The molecule has 4 aliphatic carbocycles. The molecule has 0 aromatic heterocycles. The Morgan fingerprint density at radius 2 is 1.36 bits per heavy atom. The van der Waals surface area contributed by atoms with E-state index in [4.69, 9.17) is 9.47 Å². The molecule has 0 aromatic carbocycles. The van der Waals surface area contributed by atoms with Gasteiger partial charge in [-0.1, -0.05) is 26.7 Å². The lowest BCUT2D eigenvalue weighted by Crippen LogP contribution is -2.59. The Morgan fingerprint density at radius 1 is 0.758 bits per heavy atom. The summed E-state index contributed by atoms with van der Waals surface area (Å²) in [6.45, 7) is 3.95. The van der Waals surface area contributed by atoms with Crippen molar-refractivity contribution in [2.24, 2.45) is 34.5 Å². The van der Waals surface area contributed by atoms with E-state index in [1.165, 1.54) is 0 Å². The molecule has 4 rings (SSSR count). The van der Waals surface area contributed by atoms with E-state index in [0.29, 0.717) is 25.7 Å². The van der Waals surface area contributed by atoms with Gasteiger partial charge in [-0.05, 0) is 68.1 Å². The molecule has 0 aliphatic heterocycles. The fourth-order valence-corrected chi connectivity index (χ4v) is 7.90. The Morgan fingerprint density at radius 3 is 2.00 bits per heavy atom. The molecular formula is C23H30F6O4. The number of carbonyl (C=O) groups excluding carboxylic acids is 2. The Labute approximate surface area is 188 Å². The van der Waals surface area contributed by atoms with Crippen LogP contribution in [-0.4, -0.2) is 36.5 Å². The van der Waals surface area contributed by atoms with Crippen molar-refractivity contribution in [3.63, 3.8) is 0 Å². The van der Waals surface area contributed by atoms with Crippen LogP contribution in [0.5, 0.6) is 0 Å². The Balaban J connectivity index is 1.65. The van der Waals surface area contributed by atoms with Crippen molar-refractivity contribution in [2.45, 2.75) is 96.2 Å². The molecule has 0 amide bonds. The smallest absolute Gasteiger partial charge is 0.455 e. The molecule has 4 saturated carbocycles. The number of hydrogen-bond donors (Lipinski definition) is 0. The quantitative estimate of drug-likeness (QED) is 0.358. The van der Waals surface area contributed by atoms with Crippen molar-refractivity contribution in [2.75, 3.05) is 0 Å². The molecular weight excluding hydrogens is 454 g/mol. The number of halogens is 6. The average Bonchev–Trinajstić information content (AvgIpc) is 3.03. The number of carbonyl (C=O) groups is 2. The highest BCUT2D eigenvalue weighted by atomic mass is 19.4. The van der Waals surface area contributed by atoms with Crippen LogP contribution in [0.25, 0.3) is 0 Å².